The van der Waals surface area contributed by atoms with Crippen LogP contribution in [-0.4, -0.2) is 11.7 Å². The zero-order chi connectivity index (χ0) is 9.26. The number of phenolic OH excluding ortho intramolecular Hbond substituents is 1. The van der Waals surface area contributed by atoms with E-state index >= 15 is 0 Å². The fourth-order valence-corrected chi connectivity index (χ4v) is 1.91. The zero-order valence-corrected chi connectivity index (χ0v) is 7.83. The molecule has 13 heavy (non-hydrogen) atoms. The Hall–Kier alpha value is -1.02. The van der Waals surface area contributed by atoms with Gasteiger partial charge in [0.05, 0.1) is 0 Å². The fourth-order valence-electron chi connectivity index (χ4n) is 1.91. The third kappa shape index (κ3) is 1.83. The van der Waals surface area contributed by atoms with Crippen molar-refractivity contribution in [1.29, 1.82) is 0 Å². The summed E-state index contributed by atoms with van der Waals surface area (Å²) < 4.78 is 0. The summed E-state index contributed by atoms with van der Waals surface area (Å²) in [6.07, 6.45) is 1.17. The lowest BCUT2D eigenvalue weighted by atomic mass is 10.0. The zero-order valence-electron chi connectivity index (χ0n) is 7.83. The Labute approximate surface area is 78.6 Å². The average molecular weight is 177 g/mol. The molecule has 0 bridgehead atoms. The van der Waals surface area contributed by atoms with Crippen LogP contribution in [0.4, 0.5) is 0 Å². The molecule has 1 fully saturated rings. The summed E-state index contributed by atoms with van der Waals surface area (Å²) in [5.74, 6) is 1.10. The second kappa shape index (κ2) is 3.38. The molecule has 0 aliphatic carbocycles. The van der Waals surface area contributed by atoms with Gasteiger partial charge in [-0.15, -0.1) is 0 Å². The Morgan fingerprint density at radius 2 is 2.31 bits per heavy atom. The van der Waals surface area contributed by atoms with Gasteiger partial charge in [-0.25, -0.2) is 0 Å². The Bertz CT molecular complexity index is 298. The Kier molecular flexibility index (Phi) is 2.23. The maximum Gasteiger partial charge on any atom is 0.115 e. The molecular weight excluding hydrogens is 162 g/mol. The second-order valence-electron chi connectivity index (χ2n) is 3.90. The first-order valence-corrected chi connectivity index (χ1v) is 4.78. The number of phenols is 1. The molecule has 1 aliphatic heterocycles. The largest absolute Gasteiger partial charge is 0.508 e. The Balaban J connectivity index is 2.16. The van der Waals surface area contributed by atoms with Crippen molar-refractivity contribution < 1.29 is 5.11 Å². The number of hydrogen-bond acceptors (Lipinski definition) is 2. The molecule has 2 atom stereocenters. The van der Waals surface area contributed by atoms with E-state index in [2.05, 4.69) is 18.3 Å². The smallest absolute Gasteiger partial charge is 0.115 e. The Morgan fingerprint density at radius 1 is 1.46 bits per heavy atom. The van der Waals surface area contributed by atoms with Gasteiger partial charge in [0, 0.05) is 6.04 Å². The van der Waals surface area contributed by atoms with Gasteiger partial charge in [0.2, 0.25) is 0 Å². The van der Waals surface area contributed by atoms with Crippen LogP contribution in [0.3, 0.4) is 0 Å². The van der Waals surface area contributed by atoms with Crippen LogP contribution in [0.2, 0.25) is 0 Å². The number of aromatic hydroxyl groups is 1. The fraction of sp³-hybridized carbons (Fsp3) is 0.455. The van der Waals surface area contributed by atoms with Gasteiger partial charge < -0.3 is 10.4 Å². The highest BCUT2D eigenvalue weighted by atomic mass is 16.3. The van der Waals surface area contributed by atoms with Crippen LogP contribution in [0, 0.1) is 5.92 Å². The van der Waals surface area contributed by atoms with Crippen molar-refractivity contribution in [2.75, 3.05) is 6.54 Å². The molecule has 0 saturated carbocycles. The van der Waals surface area contributed by atoms with E-state index in [1.807, 2.05) is 12.1 Å². The summed E-state index contributed by atoms with van der Waals surface area (Å²) in [4.78, 5) is 0. The topological polar surface area (TPSA) is 32.3 Å². The van der Waals surface area contributed by atoms with E-state index in [1.165, 1.54) is 12.0 Å². The van der Waals surface area contributed by atoms with Crippen molar-refractivity contribution in [2.24, 2.45) is 5.92 Å². The molecule has 1 aromatic carbocycles. The normalized spacial score (nSPS) is 27.8. The summed E-state index contributed by atoms with van der Waals surface area (Å²) in [5.41, 5.74) is 1.20. The highest BCUT2D eigenvalue weighted by Gasteiger charge is 2.21. The van der Waals surface area contributed by atoms with Crippen LogP contribution < -0.4 is 5.32 Å². The molecule has 2 N–H and O–H groups in total. The highest BCUT2D eigenvalue weighted by Crippen LogP contribution is 2.28. The monoisotopic (exact) mass is 177 g/mol. The number of hydrogen-bond donors (Lipinski definition) is 2. The van der Waals surface area contributed by atoms with Crippen LogP contribution in [0.1, 0.15) is 24.9 Å². The van der Waals surface area contributed by atoms with Crippen molar-refractivity contribution in [3.05, 3.63) is 29.8 Å². The van der Waals surface area contributed by atoms with Gasteiger partial charge >= 0.3 is 0 Å². The van der Waals surface area contributed by atoms with Crippen molar-refractivity contribution in [2.45, 2.75) is 19.4 Å². The number of benzene rings is 1. The summed E-state index contributed by atoms with van der Waals surface area (Å²) >= 11 is 0. The van der Waals surface area contributed by atoms with E-state index in [0.717, 1.165) is 12.5 Å². The minimum absolute atomic E-state index is 0.360. The lowest BCUT2D eigenvalue weighted by molar-refractivity contribution is 0.473. The molecule has 1 aliphatic rings. The lowest BCUT2D eigenvalue weighted by Crippen LogP contribution is -2.13. The SMILES string of the molecule is C[C@H]1CN[C@@H](c2cccc(O)c2)C1. The summed E-state index contributed by atoms with van der Waals surface area (Å²) in [7, 11) is 0. The van der Waals surface area contributed by atoms with E-state index in [9.17, 15) is 5.11 Å². The van der Waals surface area contributed by atoms with E-state index in [1.54, 1.807) is 6.07 Å². The first-order valence-electron chi connectivity index (χ1n) is 4.78. The predicted molar refractivity (Wildman–Crippen MR) is 52.6 cm³/mol. The van der Waals surface area contributed by atoms with Crippen LogP contribution in [0.5, 0.6) is 5.75 Å². The van der Waals surface area contributed by atoms with Gasteiger partial charge in [-0.1, -0.05) is 19.1 Å². The molecular formula is C11H15NO. The maximum absolute atomic E-state index is 9.31. The van der Waals surface area contributed by atoms with Crippen LogP contribution in [0.25, 0.3) is 0 Å². The predicted octanol–water partition coefficient (Wildman–Crippen LogP) is 2.06. The number of nitrogens with one attached hydrogen (secondary N) is 1. The van der Waals surface area contributed by atoms with Crippen molar-refractivity contribution in [3.63, 3.8) is 0 Å². The van der Waals surface area contributed by atoms with Gasteiger partial charge in [0.25, 0.3) is 0 Å². The molecule has 0 unspecified atom stereocenters. The molecule has 1 heterocycles. The van der Waals surface area contributed by atoms with E-state index in [0.29, 0.717) is 11.8 Å². The lowest BCUT2D eigenvalue weighted by Gasteiger charge is -2.10. The van der Waals surface area contributed by atoms with Gasteiger partial charge in [-0.3, -0.25) is 0 Å². The first-order chi connectivity index (χ1) is 6.25. The maximum atomic E-state index is 9.31. The summed E-state index contributed by atoms with van der Waals surface area (Å²) in [6, 6.07) is 7.95. The third-order valence-electron chi connectivity index (χ3n) is 2.62. The first kappa shape index (κ1) is 8.57. The molecule has 0 radical (unpaired) electrons. The second-order valence-corrected chi connectivity index (χ2v) is 3.90. The van der Waals surface area contributed by atoms with Crippen molar-refractivity contribution >= 4 is 0 Å². The van der Waals surface area contributed by atoms with E-state index in [4.69, 9.17) is 0 Å². The standard InChI is InChI=1S/C11H15NO/c1-8-5-11(12-7-8)9-3-2-4-10(13)6-9/h2-4,6,8,11-13H,5,7H2,1H3/t8-,11-/m1/s1. The van der Waals surface area contributed by atoms with E-state index in [-0.39, 0.29) is 0 Å². The van der Waals surface area contributed by atoms with E-state index < -0.39 is 0 Å². The molecule has 0 spiro atoms. The molecule has 2 nitrogen and oxygen atoms in total. The molecule has 0 aromatic heterocycles. The van der Waals surface area contributed by atoms with Gasteiger partial charge in [0.15, 0.2) is 0 Å². The molecule has 1 aromatic rings. The molecule has 2 heteroatoms. The Morgan fingerprint density at radius 3 is 2.92 bits per heavy atom. The van der Waals surface area contributed by atoms with Gasteiger partial charge in [-0.05, 0) is 36.6 Å². The van der Waals surface area contributed by atoms with Gasteiger partial charge in [0.1, 0.15) is 5.75 Å². The molecule has 1 saturated heterocycles. The average Bonchev–Trinajstić information content (AvgIpc) is 2.52. The minimum atomic E-state index is 0.360. The highest BCUT2D eigenvalue weighted by molar-refractivity contribution is 5.29. The number of rotatable bonds is 1. The third-order valence-corrected chi connectivity index (χ3v) is 2.62. The molecule has 0 amide bonds. The summed E-state index contributed by atoms with van der Waals surface area (Å²) in [6.45, 7) is 3.33. The van der Waals surface area contributed by atoms with Crippen molar-refractivity contribution in [3.8, 4) is 5.75 Å². The summed E-state index contributed by atoms with van der Waals surface area (Å²) in [5, 5.41) is 12.8. The van der Waals surface area contributed by atoms with Crippen LogP contribution in [-0.2, 0) is 0 Å². The van der Waals surface area contributed by atoms with Crippen LogP contribution >= 0.6 is 0 Å². The quantitative estimate of drug-likeness (QED) is 0.688. The van der Waals surface area contributed by atoms with Gasteiger partial charge in [-0.2, -0.15) is 0 Å². The molecule has 2 rings (SSSR count). The van der Waals surface area contributed by atoms with Crippen LogP contribution in [0.15, 0.2) is 24.3 Å². The van der Waals surface area contributed by atoms with Crippen molar-refractivity contribution in [1.82, 2.24) is 5.32 Å². The minimum Gasteiger partial charge on any atom is -0.508 e. The molecule has 70 valence electrons.